The summed E-state index contributed by atoms with van der Waals surface area (Å²) < 4.78 is 2.18. The van der Waals surface area contributed by atoms with Gasteiger partial charge in [-0.3, -0.25) is 9.56 Å². The molecule has 1 aromatic carbocycles. The lowest BCUT2D eigenvalue weighted by Gasteiger charge is -2.14. The van der Waals surface area contributed by atoms with Crippen molar-refractivity contribution in [2.75, 3.05) is 13.1 Å². The summed E-state index contributed by atoms with van der Waals surface area (Å²) in [7, 11) is 0. The highest BCUT2D eigenvalue weighted by Gasteiger charge is 2.31. The van der Waals surface area contributed by atoms with Gasteiger partial charge in [0.25, 0.3) is 0 Å². The molecule has 0 saturated heterocycles. The summed E-state index contributed by atoms with van der Waals surface area (Å²) in [5.41, 5.74) is 4.44. The lowest BCUT2D eigenvalue weighted by molar-refractivity contribution is 0.558. The van der Waals surface area contributed by atoms with Crippen molar-refractivity contribution in [1.82, 2.24) is 30.0 Å². The second kappa shape index (κ2) is 9.21. The maximum absolute atomic E-state index is 6.18. The van der Waals surface area contributed by atoms with Gasteiger partial charge in [0.05, 0.1) is 5.71 Å². The van der Waals surface area contributed by atoms with Gasteiger partial charge in [-0.05, 0) is 51.4 Å². The smallest absolute Gasteiger partial charge is 0.164 e. The first-order chi connectivity index (χ1) is 16.0. The van der Waals surface area contributed by atoms with Crippen LogP contribution in [0.3, 0.4) is 0 Å². The summed E-state index contributed by atoms with van der Waals surface area (Å²) >= 11 is 7.95. The monoisotopic (exact) mass is 479 g/mol. The Labute approximate surface area is 202 Å². The fourth-order valence-electron chi connectivity index (χ4n) is 4.19. The van der Waals surface area contributed by atoms with Crippen molar-refractivity contribution in [3.8, 4) is 5.00 Å². The van der Waals surface area contributed by atoms with Gasteiger partial charge < -0.3 is 10.3 Å². The third-order valence-electron chi connectivity index (χ3n) is 6.02. The zero-order chi connectivity index (χ0) is 22.9. The van der Waals surface area contributed by atoms with Crippen LogP contribution in [-0.2, 0) is 6.42 Å². The zero-order valence-electron chi connectivity index (χ0n) is 18.9. The van der Waals surface area contributed by atoms with Crippen LogP contribution < -0.4 is 5.32 Å². The van der Waals surface area contributed by atoms with Gasteiger partial charge in [-0.15, -0.1) is 21.5 Å². The molecular formula is C24H26ClN7S. The second-order valence-corrected chi connectivity index (χ2v) is 9.89. The molecule has 0 amide bonds. The van der Waals surface area contributed by atoms with Crippen molar-refractivity contribution in [2.24, 2.45) is 4.99 Å². The number of aryl methyl sites for hydroxylation is 3. The van der Waals surface area contributed by atoms with Crippen LogP contribution in [0.4, 0.5) is 0 Å². The average molecular weight is 480 g/mol. The van der Waals surface area contributed by atoms with E-state index in [-0.39, 0.29) is 6.04 Å². The highest BCUT2D eigenvalue weighted by atomic mass is 35.5. The Morgan fingerprint density at radius 1 is 1.15 bits per heavy atom. The van der Waals surface area contributed by atoms with Gasteiger partial charge in [0.2, 0.25) is 0 Å². The molecule has 0 spiro atoms. The van der Waals surface area contributed by atoms with Crippen molar-refractivity contribution >= 4 is 28.6 Å². The van der Waals surface area contributed by atoms with Crippen LogP contribution in [-0.4, -0.2) is 43.5 Å². The number of rotatable bonds is 7. The van der Waals surface area contributed by atoms with Gasteiger partial charge in [0.15, 0.2) is 5.82 Å². The fraction of sp³-hybridized carbons (Fsp3) is 0.333. The number of halogens is 1. The van der Waals surface area contributed by atoms with E-state index in [9.17, 15) is 0 Å². The fourth-order valence-corrected chi connectivity index (χ4v) is 5.53. The number of hydrogen-bond donors (Lipinski definition) is 2. The number of H-pyrrole nitrogens is 1. The maximum atomic E-state index is 6.18. The molecule has 1 aliphatic heterocycles. The van der Waals surface area contributed by atoms with Gasteiger partial charge in [0.1, 0.15) is 22.7 Å². The normalized spacial score (nSPS) is 15.2. The number of fused-ring (bicyclic) bond motifs is 3. The molecule has 0 fully saturated rings. The first-order valence-electron chi connectivity index (χ1n) is 11.1. The minimum Gasteiger partial charge on any atom is -0.349 e. The molecule has 170 valence electrons. The van der Waals surface area contributed by atoms with Crippen molar-refractivity contribution in [3.63, 3.8) is 0 Å². The third kappa shape index (κ3) is 4.26. The maximum Gasteiger partial charge on any atom is 0.164 e. The molecule has 5 rings (SSSR count). The van der Waals surface area contributed by atoms with Crippen LogP contribution in [0.1, 0.15) is 51.5 Å². The Bertz CT molecular complexity index is 1290. The van der Waals surface area contributed by atoms with Crippen molar-refractivity contribution in [2.45, 2.75) is 39.7 Å². The van der Waals surface area contributed by atoms with E-state index in [1.54, 1.807) is 17.5 Å². The Kier molecular flexibility index (Phi) is 6.14. The predicted molar refractivity (Wildman–Crippen MR) is 133 cm³/mol. The van der Waals surface area contributed by atoms with Gasteiger partial charge in [-0.2, -0.15) is 0 Å². The van der Waals surface area contributed by atoms with Gasteiger partial charge in [-0.25, -0.2) is 4.98 Å². The summed E-state index contributed by atoms with van der Waals surface area (Å²) in [5.74, 6) is 2.76. The number of nitrogens with zero attached hydrogens (tertiary/aromatic N) is 5. The van der Waals surface area contributed by atoms with Crippen molar-refractivity contribution in [1.29, 1.82) is 0 Å². The first-order valence-corrected chi connectivity index (χ1v) is 12.3. The molecular weight excluding hydrogens is 454 g/mol. The number of aliphatic imine (C=N–C) groups is 1. The van der Waals surface area contributed by atoms with Crippen LogP contribution in [0.2, 0.25) is 5.02 Å². The van der Waals surface area contributed by atoms with Crippen LogP contribution in [0.5, 0.6) is 0 Å². The van der Waals surface area contributed by atoms with Gasteiger partial charge >= 0.3 is 0 Å². The SMILES string of the molecule is Cc1sc2c(c1C)C(c1ccc(Cl)cc1)=N[C@@H](CNCCCc1ncc[nH]1)c1nnc(C)n1-2. The van der Waals surface area contributed by atoms with E-state index in [4.69, 9.17) is 16.6 Å². The number of aromatic nitrogens is 5. The predicted octanol–water partition coefficient (Wildman–Crippen LogP) is 4.75. The average Bonchev–Trinajstić information content (AvgIpc) is 3.50. The lowest BCUT2D eigenvalue weighted by atomic mass is 10.00. The summed E-state index contributed by atoms with van der Waals surface area (Å²) in [6.07, 6.45) is 5.55. The topological polar surface area (TPSA) is 83.8 Å². The molecule has 2 N–H and O–H groups in total. The number of nitrogens with one attached hydrogen (secondary N) is 2. The van der Waals surface area contributed by atoms with Gasteiger partial charge in [0, 0.05) is 46.4 Å². The zero-order valence-corrected chi connectivity index (χ0v) is 20.5. The molecule has 4 heterocycles. The molecule has 7 nitrogen and oxygen atoms in total. The van der Waals surface area contributed by atoms with Crippen LogP contribution >= 0.6 is 22.9 Å². The molecule has 33 heavy (non-hydrogen) atoms. The molecule has 3 aromatic heterocycles. The van der Waals surface area contributed by atoms with E-state index in [1.807, 2.05) is 37.4 Å². The van der Waals surface area contributed by atoms with Crippen molar-refractivity contribution in [3.05, 3.63) is 80.7 Å². The van der Waals surface area contributed by atoms with E-state index < -0.39 is 0 Å². The van der Waals surface area contributed by atoms with E-state index in [0.29, 0.717) is 11.6 Å². The molecule has 1 atom stereocenters. The van der Waals surface area contributed by atoms with Crippen LogP contribution in [0.15, 0.2) is 41.7 Å². The first kappa shape index (κ1) is 22.0. The molecule has 0 bridgehead atoms. The number of aromatic amines is 1. The minimum absolute atomic E-state index is 0.153. The Balaban J connectivity index is 1.49. The molecule has 0 aliphatic carbocycles. The molecule has 9 heteroatoms. The van der Waals surface area contributed by atoms with Crippen LogP contribution in [0, 0.1) is 20.8 Å². The molecule has 4 aromatic rings. The quantitative estimate of drug-likeness (QED) is 0.375. The summed E-state index contributed by atoms with van der Waals surface area (Å²) in [4.78, 5) is 14.0. The van der Waals surface area contributed by atoms with Gasteiger partial charge in [-0.1, -0.05) is 23.7 Å². The number of thiophene rings is 1. The van der Waals surface area contributed by atoms with E-state index >= 15 is 0 Å². The van der Waals surface area contributed by atoms with E-state index in [0.717, 1.165) is 58.7 Å². The minimum atomic E-state index is -0.153. The number of benzene rings is 1. The number of hydrogen-bond acceptors (Lipinski definition) is 6. The third-order valence-corrected chi connectivity index (χ3v) is 7.46. The highest BCUT2D eigenvalue weighted by molar-refractivity contribution is 7.15. The van der Waals surface area contributed by atoms with E-state index in [1.165, 1.54) is 10.4 Å². The number of imidazole rings is 1. The largest absolute Gasteiger partial charge is 0.349 e. The van der Waals surface area contributed by atoms with Crippen LogP contribution in [0.25, 0.3) is 5.00 Å². The van der Waals surface area contributed by atoms with E-state index in [2.05, 4.69) is 43.9 Å². The Morgan fingerprint density at radius 3 is 2.73 bits per heavy atom. The second-order valence-electron chi connectivity index (χ2n) is 8.25. The highest BCUT2D eigenvalue weighted by Crippen LogP contribution is 2.38. The van der Waals surface area contributed by atoms with Crippen molar-refractivity contribution < 1.29 is 0 Å². The summed E-state index contributed by atoms with van der Waals surface area (Å²) in [6.45, 7) is 7.89. The summed E-state index contributed by atoms with van der Waals surface area (Å²) in [6, 6.07) is 7.78. The molecule has 1 aliphatic rings. The molecule has 0 unspecified atom stereocenters. The summed E-state index contributed by atoms with van der Waals surface area (Å²) in [5, 5.41) is 14.4. The standard InChI is InChI=1S/C24H26ClN7S/c1-14-15(2)33-24-21(14)22(17-6-8-18(25)9-7-17)29-19(23-31-30-16(3)32(23)24)13-26-10-4-5-20-27-11-12-28-20/h6-9,11-12,19,26H,4-5,10,13H2,1-3H3,(H,27,28)/t19-/m0/s1. The Morgan fingerprint density at radius 2 is 1.97 bits per heavy atom. The molecule has 0 radical (unpaired) electrons. The Hall–Kier alpha value is -2.81. The lowest BCUT2D eigenvalue weighted by Crippen LogP contribution is -2.24. The molecule has 0 saturated carbocycles.